The van der Waals surface area contributed by atoms with Crippen molar-refractivity contribution in [1.82, 2.24) is 0 Å². The first kappa shape index (κ1) is 53.3. The number of rotatable bonds is 11. The number of methoxy groups -OCH3 is 2. The molecular weight excluding hydrogens is 1020 g/mol. The molecule has 58 heavy (non-hydrogen) atoms. The van der Waals surface area contributed by atoms with Gasteiger partial charge in [-0.15, -0.1) is 0 Å². The number of hydrogen-bond donors (Lipinski definition) is 4. The first-order valence-corrected chi connectivity index (χ1v) is 19.7. The monoisotopic (exact) mass is 1060 g/mol. The van der Waals surface area contributed by atoms with Gasteiger partial charge in [0.05, 0.1) is 19.8 Å². The van der Waals surface area contributed by atoms with Crippen molar-refractivity contribution in [2.24, 2.45) is 0 Å². The average Bonchev–Trinajstić information content (AvgIpc) is 3.20. The minimum Gasteiger partial charge on any atom is -0.507 e. The molecule has 4 N–H and O–H groups in total. The van der Waals surface area contributed by atoms with Gasteiger partial charge in [-0.05, 0) is 93.6 Å². The Bertz CT molecular complexity index is 1940. The van der Waals surface area contributed by atoms with Gasteiger partial charge in [0.15, 0.2) is 18.5 Å². The Labute approximate surface area is 371 Å². The van der Waals surface area contributed by atoms with Crippen LogP contribution >= 0.6 is 63.7 Å². The van der Waals surface area contributed by atoms with Crippen LogP contribution in [-0.4, -0.2) is 77.2 Å². The molecule has 0 heterocycles. The summed E-state index contributed by atoms with van der Waals surface area (Å²) in [6.07, 6.45) is 3.01. The number of carboxylic acid groups (broad SMARTS) is 1. The number of carboxylic acids is 1. The van der Waals surface area contributed by atoms with Crippen molar-refractivity contribution < 1.29 is 58.6 Å². The molecule has 0 aliphatic heterocycles. The molecule has 0 saturated carbocycles. The number of carbonyl (C=O) groups excluding carboxylic acids is 3. The molecule has 12 nitrogen and oxygen atoms in total. The van der Waals surface area contributed by atoms with Crippen molar-refractivity contribution >= 4 is 106 Å². The second-order valence-corrected chi connectivity index (χ2v) is 14.7. The normalized spacial score (nSPS) is 11.1. The van der Waals surface area contributed by atoms with Crippen molar-refractivity contribution in [3.8, 4) is 23.0 Å². The predicted molar refractivity (Wildman–Crippen MR) is 239 cm³/mol. The van der Waals surface area contributed by atoms with E-state index >= 15 is 0 Å². The zero-order chi connectivity index (χ0) is 44.5. The number of aliphatic carboxylic acids is 1. The number of benzene rings is 4. The summed E-state index contributed by atoms with van der Waals surface area (Å²) in [5.41, 5.74) is 2.63. The molecule has 0 amide bonds. The molecule has 0 spiro atoms. The van der Waals surface area contributed by atoms with Crippen LogP contribution in [0, 0.1) is 0 Å². The number of esters is 2. The van der Waals surface area contributed by atoms with Gasteiger partial charge < -0.3 is 39.4 Å². The van der Waals surface area contributed by atoms with Gasteiger partial charge in [-0.3, -0.25) is 4.79 Å². The highest BCUT2D eigenvalue weighted by atomic mass is 79.9. The molecule has 4 rings (SSSR count). The molecule has 0 radical (unpaired) electrons. The summed E-state index contributed by atoms with van der Waals surface area (Å²) in [4.78, 5) is 42.0. The highest BCUT2D eigenvalue weighted by molar-refractivity contribution is 9.11. The van der Waals surface area contributed by atoms with E-state index in [-0.39, 0.29) is 11.5 Å². The number of aliphatic hydroxyl groups excluding tert-OH is 1. The topological polar surface area (TPSA) is 186 Å². The standard InChI is InChI=1S/C12H13BrO3.C11H11BrO3.C8H7BrO.C7H5BrO2.C4H8O3/c1-4-9-7-10(13)5-6-11(9)16-8(2)12(14)15-3;1-3-8-6-9(12)4-5-10(8)15-7(2)11(13)14;1-2-6-5-7(9)3-4-8(6)10;8-6-1-2-7(10)5(3-6)4-9;1-3(5)4(6)7-2/h4-8H,1H2,2-3H3;3-7H,1H2,2H3,(H,13,14);2-5,10H,1H2;1-4,10H;3,5H,1-2H3/t8-;7-;;;3-/m00..1/s1. The number of carbonyl (C=O) groups is 4. The summed E-state index contributed by atoms with van der Waals surface area (Å²) in [5.74, 6) is -0.596. The summed E-state index contributed by atoms with van der Waals surface area (Å²) < 4.78 is 23.0. The smallest absolute Gasteiger partial charge is 0.346 e. The second-order valence-electron chi connectivity index (χ2n) is 11.1. The largest absolute Gasteiger partial charge is 0.507 e. The molecule has 4 aromatic rings. The van der Waals surface area contributed by atoms with Crippen LogP contribution in [-0.2, 0) is 23.9 Å². The number of aliphatic hydroxyl groups is 1. The van der Waals surface area contributed by atoms with E-state index in [0.717, 1.165) is 34.6 Å². The van der Waals surface area contributed by atoms with Gasteiger partial charge in [0.2, 0.25) is 0 Å². The Morgan fingerprint density at radius 2 is 0.931 bits per heavy atom. The van der Waals surface area contributed by atoms with Crippen molar-refractivity contribution in [1.29, 1.82) is 0 Å². The Hall–Kier alpha value is -4.74. The van der Waals surface area contributed by atoms with E-state index in [0.29, 0.717) is 23.3 Å². The number of phenolic OH excluding ortho intramolecular Hbond substituents is 2. The van der Waals surface area contributed by atoms with Crippen LogP contribution in [0.3, 0.4) is 0 Å². The van der Waals surface area contributed by atoms with E-state index in [4.69, 9.17) is 29.9 Å². The van der Waals surface area contributed by atoms with Crippen LogP contribution < -0.4 is 9.47 Å². The third-order valence-corrected chi connectivity index (χ3v) is 8.71. The maximum atomic E-state index is 11.2. The van der Waals surface area contributed by atoms with Crippen LogP contribution in [0.2, 0.25) is 0 Å². The fourth-order valence-electron chi connectivity index (χ4n) is 3.70. The Morgan fingerprint density at radius 3 is 1.22 bits per heavy atom. The number of ether oxygens (including phenoxy) is 4. The van der Waals surface area contributed by atoms with E-state index in [1.807, 2.05) is 24.3 Å². The first-order valence-electron chi connectivity index (χ1n) is 16.6. The number of halogens is 4. The van der Waals surface area contributed by atoms with E-state index in [9.17, 15) is 19.2 Å². The average molecular weight is 1060 g/mol. The molecule has 0 aromatic heterocycles. The van der Waals surface area contributed by atoms with Crippen LogP contribution in [0.1, 0.15) is 47.8 Å². The molecule has 0 saturated heterocycles. The third kappa shape index (κ3) is 20.6. The van der Waals surface area contributed by atoms with Crippen LogP contribution in [0.15, 0.2) is 110 Å². The highest BCUT2D eigenvalue weighted by Gasteiger charge is 2.16. The SMILES string of the molecule is C=Cc1cc(Br)ccc1O.C=Cc1cc(Br)ccc1O[C@@H](C)C(=O)O.C=Cc1cc(Br)ccc1O[C@@H](C)C(=O)OC.COC(=O)[C@@H](C)O.O=Cc1cc(Br)ccc1O. The minimum absolute atomic E-state index is 0.0122. The molecule has 0 fully saturated rings. The van der Waals surface area contributed by atoms with E-state index in [1.54, 1.807) is 67.6 Å². The van der Waals surface area contributed by atoms with Gasteiger partial charge in [-0.25, -0.2) is 14.4 Å². The molecule has 0 bridgehead atoms. The highest BCUT2D eigenvalue weighted by Crippen LogP contribution is 2.27. The summed E-state index contributed by atoms with van der Waals surface area (Å²) in [6, 6.07) is 20.7. The van der Waals surface area contributed by atoms with Gasteiger partial charge >= 0.3 is 17.9 Å². The maximum absolute atomic E-state index is 11.2. The van der Waals surface area contributed by atoms with E-state index < -0.39 is 36.2 Å². The lowest BCUT2D eigenvalue weighted by Crippen LogP contribution is -2.25. The van der Waals surface area contributed by atoms with Crippen LogP contribution in [0.25, 0.3) is 18.2 Å². The molecule has 0 aliphatic carbocycles. The van der Waals surface area contributed by atoms with Gasteiger partial charge in [-0.2, -0.15) is 0 Å². The van der Waals surface area contributed by atoms with Crippen molar-refractivity contribution in [2.75, 3.05) is 14.2 Å². The number of phenols is 2. The third-order valence-electron chi connectivity index (χ3n) is 6.74. The number of aromatic hydroxyl groups is 2. The Kier molecular flexibility index (Phi) is 26.3. The zero-order valence-corrected chi connectivity index (χ0v) is 38.5. The lowest BCUT2D eigenvalue weighted by atomic mass is 10.2. The van der Waals surface area contributed by atoms with E-state index in [2.05, 4.69) is 92.9 Å². The van der Waals surface area contributed by atoms with Crippen LogP contribution in [0.4, 0.5) is 0 Å². The lowest BCUT2D eigenvalue weighted by Gasteiger charge is -2.14. The van der Waals surface area contributed by atoms with E-state index in [1.165, 1.54) is 34.1 Å². The lowest BCUT2D eigenvalue weighted by molar-refractivity contribution is -0.149. The molecule has 16 heteroatoms. The van der Waals surface area contributed by atoms with Crippen molar-refractivity contribution in [3.05, 3.63) is 133 Å². The second kappa shape index (κ2) is 28.6. The molecule has 0 unspecified atom stereocenters. The summed E-state index contributed by atoms with van der Waals surface area (Å²) in [5, 5.41) is 35.2. The number of hydrogen-bond acceptors (Lipinski definition) is 11. The minimum atomic E-state index is -0.995. The van der Waals surface area contributed by atoms with Gasteiger partial charge in [-0.1, -0.05) is 102 Å². The molecule has 312 valence electrons. The Balaban J connectivity index is 0.000000721. The quantitative estimate of drug-likeness (QED) is 0.0824. The molecule has 4 aromatic carbocycles. The molecule has 0 aliphatic rings. The van der Waals surface area contributed by atoms with Crippen molar-refractivity contribution in [2.45, 2.75) is 39.1 Å². The summed E-state index contributed by atoms with van der Waals surface area (Å²) in [6.45, 7) is 15.4. The zero-order valence-electron chi connectivity index (χ0n) is 32.2. The van der Waals surface area contributed by atoms with Gasteiger partial charge in [0.25, 0.3) is 0 Å². The van der Waals surface area contributed by atoms with Crippen LogP contribution in [0.5, 0.6) is 23.0 Å². The summed E-state index contributed by atoms with van der Waals surface area (Å²) in [7, 11) is 2.56. The maximum Gasteiger partial charge on any atom is 0.346 e. The fraction of sp³-hybridized carbons (Fsp3) is 0.190. The molecular formula is C42H44Br4O12. The van der Waals surface area contributed by atoms with Gasteiger partial charge in [0, 0.05) is 34.6 Å². The first-order chi connectivity index (χ1) is 27.3. The Morgan fingerprint density at radius 1 is 0.586 bits per heavy atom. The van der Waals surface area contributed by atoms with Gasteiger partial charge in [0.1, 0.15) is 29.1 Å². The predicted octanol–water partition coefficient (Wildman–Crippen LogP) is 10.3. The fourth-order valence-corrected chi connectivity index (χ4v) is 5.21. The molecule has 3 atom stereocenters. The van der Waals surface area contributed by atoms with Crippen molar-refractivity contribution in [3.63, 3.8) is 0 Å². The number of aldehydes is 1. The summed E-state index contributed by atoms with van der Waals surface area (Å²) >= 11 is 13.1.